The van der Waals surface area contributed by atoms with Crippen LogP contribution in [0.5, 0.6) is 11.5 Å². The monoisotopic (exact) mass is 342 g/mol. The average Bonchev–Trinajstić information content (AvgIpc) is 2.53. The molecule has 1 fully saturated rings. The molecule has 5 nitrogen and oxygen atoms in total. The van der Waals surface area contributed by atoms with Gasteiger partial charge in [-0.2, -0.15) is 0 Å². The van der Waals surface area contributed by atoms with E-state index in [0.717, 1.165) is 24.9 Å². The van der Waals surface area contributed by atoms with Crippen LogP contribution in [-0.4, -0.2) is 44.2 Å². The highest BCUT2D eigenvalue weighted by molar-refractivity contribution is 5.87. The molecule has 1 aromatic carbocycles. The normalized spacial score (nSPS) is 18.1. The largest absolute Gasteiger partial charge is 0.493 e. The van der Waals surface area contributed by atoms with E-state index >= 15 is 0 Å². The van der Waals surface area contributed by atoms with Crippen LogP contribution in [0.4, 0.5) is 0 Å². The summed E-state index contributed by atoms with van der Waals surface area (Å²) in [6.07, 6.45) is 1.95. The van der Waals surface area contributed by atoms with Crippen LogP contribution in [0.15, 0.2) is 18.2 Å². The van der Waals surface area contributed by atoms with E-state index in [0.29, 0.717) is 18.0 Å². The maximum absolute atomic E-state index is 12.9. The van der Waals surface area contributed by atoms with Crippen molar-refractivity contribution in [1.29, 1.82) is 0 Å². The molecule has 1 aromatic rings. The molecule has 2 rings (SSSR count). The van der Waals surface area contributed by atoms with Gasteiger partial charge in [-0.15, -0.1) is 12.4 Å². The van der Waals surface area contributed by atoms with E-state index < -0.39 is 5.41 Å². The molecule has 1 aliphatic rings. The lowest BCUT2D eigenvalue weighted by Crippen LogP contribution is -2.51. The first-order valence-corrected chi connectivity index (χ1v) is 7.67. The number of carbonyl (C=O) groups excluding carboxylic acids is 1. The molecule has 0 spiro atoms. The van der Waals surface area contributed by atoms with E-state index in [9.17, 15) is 4.79 Å². The minimum Gasteiger partial charge on any atom is -0.493 e. The number of likely N-dealkylation sites (tertiary alicyclic amines) is 1. The first-order chi connectivity index (χ1) is 10.4. The number of methoxy groups -OCH3 is 2. The third kappa shape index (κ3) is 4.09. The van der Waals surface area contributed by atoms with Crippen molar-refractivity contribution in [1.82, 2.24) is 4.90 Å². The quantitative estimate of drug-likeness (QED) is 0.912. The molecule has 1 amide bonds. The number of nitrogens with zero attached hydrogens (tertiary/aromatic N) is 1. The summed E-state index contributed by atoms with van der Waals surface area (Å²) < 4.78 is 10.6. The summed E-state index contributed by atoms with van der Waals surface area (Å²) in [5.41, 5.74) is 6.28. The highest BCUT2D eigenvalue weighted by Crippen LogP contribution is 2.34. The maximum atomic E-state index is 12.9. The van der Waals surface area contributed by atoms with Crippen molar-refractivity contribution in [2.24, 2.45) is 5.73 Å². The van der Waals surface area contributed by atoms with E-state index in [1.807, 2.05) is 36.9 Å². The van der Waals surface area contributed by atoms with Gasteiger partial charge in [-0.25, -0.2) is 0 Å². The third-order valence-corrected chi connectivity index (χ3v) is 4.38. The highest BCUT2D eigenvalue weighted by atomic mass is 35.5. The van der Waals surface area contributed by atoms with Crippen LogP contribution in [0, 0.1) is 0 Å². The molecule has 0 aliphatic carbocycles. The molecule has 0 saturated carbocycles. The van der Waals surface area contributed by atoms with Gasteiger partial charge in [-0.05, 0) is 44.4 Å². The SMILES string of the molecule is COc1ccc(C(C)(C)C(=O)N2CCCC(N)C2)cc1OC.Cl. The molecule has 23 heavy (non-hydrogen) atoms. The summed E-state index contributed by atoms with van der Waals surface area (Å²) in [5, 5.41) is 0. The fraction of sp³-hybridized carbons (Fsp3) is 0.588. The van der Waals surface area contributed by atoms with Crippen molar-refractivity contribution in [2.45, 2.75) is 38.1 Å². The molecule has 130 valence electrons. The third-order valence-electron chi connectivity index (χ3n) is 4.38. The number of amides is 1. The molecule has 1 unspecified atom stereocenters. The maximum Gasteiger partial charge on any atom is 0.232 e. The molecule has 6 heteroatoms. The zero-order chi connectivity index (χ0) is 16.3. The molecule has 1 saturated heterocycles. The topological polar surface area (TPSA) is 64.8 Å². The molecule has 0 aromatic heterocycles. The fourth-order valence-corrected chi connectivity index (χ4v) is 2.94. The summed E-state index contributed by atoms with van der Waals surface area (Å²) >= 11 is 0. The van der Waals surface area contributed by atoms with Crippen molar-refractivity contribution in [2.75, 3.05) is 27.3 Å². The van der Waals surface area contributed by atoms with Gasteiger partial charge in [-0.3, -0.25) is 4.79 Å². The Morgan fingerprint density at radius 1 is 1.26 bits per heavy atom. The van der Waals surface area contributed by atoms with E-state index in [-0.39, 0.29) is 24.4 Å². The van der Waals surface area contributed by atoms with Crippen LogP contribution in [0.1, 0.15) is 32.3 Å². The summed E-state index contributed by atoms with van der Waals surface area (Å²) in [5.74, 6) is 1.40. The van der Waals surface area contributed by atoms with Crippen LogP contribution in [0.3, 0.4) is 0 Å². The number of carbonyl (C=O) groups is 1. The van der Waals surface area contributed by atoms with Crippen LogP contribution in [0.2, 0.25) is 0 Å². The highest BCUT2D eigenvalue weighted by Gasteiger charge is 2.35. The molecule has 2 N–H and O–H groups in total. The van der Waals surface area contributed by atoms with Gasteiger partial charge in [0.05, 0.1) is 19.6 Å². The second-order valence-corrected chi connectivity index (χ2v) is 6.35. The Morgan fingerprint density at radius 3 is 2.48 bits per heavy atom. The summed E-state index contributed by atoms with van der Waals surface area (Å²) in [6.45, 7) is 5.30. The Labute approximate surface area is 144 Å². The predicted octanol–water partition coefficient (Wildman–Crippen LogP) is 2.35. The van der Waals surface area contributed by atoms with E-state index in [4.69, 9.17) is 15.2 Å². The number of halogens is 1. The summed E-state index contributed by atoms with van der Waals surface area (Å²) in [4.78, 5) is 14.8. The van der Waals surface area contributed by atoms with Crippen LogP contribution >= 0.6 is 12.4 Å². The second kappa shape index (κ2) is 7.88. The number of nitrogens with two attached hydrogens (primary N) is 1. The van der Waals surface area contributed by atoms with Gasteiger partial charge in [0.2, 0.25) is 5.91 Å². The van der Waals surface area contributed by atoms with Gasteiger partial charge in [-0.1, -0.05) is 6.07 Å². The van der Waals surface area contributed by atoms with Crippen LogP contribution < -0.4 is 15.2 Å². The van der Waals surface area contributed by atoms with Crippen molar-refractivity contribution in [3.8, 4) is 11.5 Å². The standard InChI is InChI=1S/C17H26N2O3.ClH/c1-17(2,16(20)19-9-5-6-13(18)11-19)12-7-8-14(21-3)15(10-12)22-4;/h7-8,10,13H,5-6,9,11,18H2,1-4H3;1H. The van der Waals surface area contributed by atoms with Crippen molar-refractivity contribution in [3.05, 3.63) is 23.8 Å². The number of hydrogen-bond donors (Lipinski definition) is 1. The zero-order valence-corrected chi connectivity index (χ0v) is 15.1. The molecule has 1 heterocycles. The minimum atomic E-state index is -0.628. The number of hydrogen-bond acceptors (Lipinski definition) is 4. The number of piperidine rings is 1. The Hall–Kier alpha value is -1.46. The minimum absolute atomic E-state index is 0. The van der Waals surface area contributed by atoms with Gasteiger partial charge in [0.1, 0.15) is 0 Å². The molecule has 0 radical (unpaired) electrons. The Kier molecular flexibility index (Phi) is 6.71. The Balaban J connectivity index is 0.00000264. The second-order valence-electron chi connectivity index (χ2n) is 6.35. The lowest BCUT2D eigenvalue weighted by molar-refractivity contribution is -0.137. The van der Waals surface area contributed by atoms with E-state index in [2.05, 4.69) is 0 Å². The van der Waals surface area contributed by atoms with Crippen molar-refractivity contribution >= 4 is 18.3 Å². The van der Waals surface area contributed by atoms with Crippen LogP contribution in [0.25, 0.3) is 0 Å². The van der Waals surface area contributed by atoms with Gasteiger partial charge < -0.3 is 20.1 Å². The Bertz CT molecular complexity index is 549. The lowest BCUT2D eigenvalue weighted by Gasteiger charge is -2.37. The zero-order valence-electron chi connectivity index (χ0n) is 14.3. The van der Waals surface area contributed by atoms with E-state index in [1.165, 1.54) is 0 Å². The Morgan fingerprint density at radius 2 is 1.91 bits per heavy atom. The average molecular weight is 343 g/mol. The van der Waals surface area contributed by atoms with Gasteiger partial charge in [0.15, 0.2) is 11.5 Å². The van der Waals surface area contributed by atoms with Crippen molar-refractivity contribution in [3.63, 3.8) is 0 Å². The number of benzene rings is 1. The number of rotatable bonds is 4. The smallest absolute Gasteiger partial charge is 0.232 e. The molecular formula is C17H27ClN2O3. The predicted molar refractivity (Wildman–Crippen MR) is 93.6 cm³/mol. The van der Waals surface area contributed by atoms with Crippen LogP contribution in [-0.2, 0) is 10.2 Å². The van der Waals surface area contributed by atoms with Gasteiger partial charge in [0, 0.05) is 19.1 Å². The molecule has 1 aliphatic heterocycles. The lowest BCUT2D eigenvalue weighted by atomic mass is 9.82. The fourth-order valence-electron chi connectivity index (χ4n) is 2.94. The summed E-state index contributed by atoms with van der Waals surface area (Å²) in [6, 6.07) is 5.72. The molecule has 0 bridgehead atoms. The number of ether oxygens (including phenoxy) is 2. The van der Waals surface area contributed by atoms with Gasteiger partial charge >= 0.3 is 0 Å². The molecular weight excluding hydrogens is 316 g/mol. The first-order valence-electron chi connectivity index (χ1n) is 7.67. The summed E-state index contributed by atoms with van der Waals surface area (Å²) in [7, 11) is 3.20. The first kappa shape index (κ1) is 19.6. The van der Waals surface area contributed by atoms with Crippen molar-refractivity contribution < 1.29 is 14.3 Å². The van der Waals surface area contributed by atoms with E-state index in [1.54, 1.807) is 14.2 Å². The van der Waals surface area contributed by atoms with Gasteiger partial charge in [0.25, 0.3) is 0 Å². The molecule has 1 atom stereocenters.